The van der Waals surface area contributed by atoms with Crippen LogP contribution in [0.15, 0.2) is 0 Å². The third-order valence-corrected chi connectivity index (χ3v) is 9.95. The fraction of sp³-hybridized carbons (Fsp3) is 1.00. The van der Waals surface area contributed by atoms with E-state index in [-0.39, 0.29) is 0 Å². The van der Waals surface area contributed by atoms with Crippen LogP contribution in [0.5, 0.6) is 0 Å². The van der Waals surface area contributed by atoms with Crippen LogP contribution in [0.3, 0.4) is 0 Å². The maximum atomic E-state index is 9.22. The van der Waals surface area contributed by atoms with Crippen molar-refractivity contribution in [3.8, 4) is 0 Å². The second-order valence-electron chi connectivity index (χ2n) is 13.9. The van der Waals surface area contributed by atoms with Crippen LogP contribution >= 0.6 is 0 Å². The van der Waals surface area contributed by atoms with Gasteiger partial charge in [0.15, 0.2) is 0 Å². The highest BCUT2D eigenvalue weighted by molar-refractivity contribution is 7.80. The van der Waals surface area contributed by atoms with E-state index in [0.29, 0.717) is 0 Å². The summed E-state index contributed by atoms with van der Waals surface area (Å²) in [7, 11) is -3.60. The van der Waals surface area contributed by atoms with Crippen LogP contribution < -0.4 is 5.73 Å². The standard InChI is InChI=1S/C38H79N.CH4O4S/c1-3-5-7-9-11-13-15-17-19-21-23-25-27-29-31-33-35-38(37-39)36-34-32-30-28-26-24-22-20-18-16-14-12-10-8-6-4-2;1-5-6(2,3)4/h38H,3-37,39H2,1-2H3;1H3,(H,2,3,4). The third kappa shape index (κ3) is 46.0. The number of rotatable bonds is 36. The predicted octanol–water partition coefficient (Wildman–Crippen LogP) is 12.2. The minimum Gasteiger partial charge on any atom is -0.726 e. The molecule has 274 valence electrons. The first-order chi connectivity index (χ1) is 21.9. The molecule has 0 spiro atoms. The molecule has 0 saturated heterocycles. The van der Waals surface area contributed by atoms with E-state index in [1.807, 2.05) is 0 Å². The second-order valence-corrected chi connectivity index (χ2v) is 15.1. The van der Waals surface area contributed by atoms with Gasteiger partial charge in [-0.25, -0.2) is 8.42 Å². The first-order valence-corrected chi connectivity index (χ1v) is 21.5. The highest BCUT2D eigenvalue weighted by atomic mass is 32.3. The zero-order valence-electron chi connectivity index (χ0n) is 31.1. The van der Waals surface area contributed by atoms with Crippen LogP contribution in [-0.2, 0) is 14.6 Å². The summed E-state index contributed by atoms with van der Waals surface area (Å²) >= 11 is 0. The van der Waals surface area contributed by atoms with Gasteiger partial charge in [-0.05, 0) is 12.8 Å². The number of quaternary nitrogens is 1. The molecule has 3 N–H and O–H groups in total. The predicted molar refractivity (Wildman–Crippen MR) is 196 cm³/mol. The zero-order chi connectivity index (χ0) is 33.5. The van der Waals surface area contributed by atoms with Gasteiger partial charge in [0.25, 0.3) is 0 Å². The average molecular weight is 662 g/mol. The van der Waals surface area contributed by atoms with Crippen molar-refractivity contribution in [1.82, 2.24) is 0 Å². The Morgan fingerprint density at radius 1 is 0.444 bits per heavy atom. The fourth-order valence-corrected chi connectivity index (χ4v) is 6.40. The number of hydrogen-bond acceptors (Lipinski definition) is 4. The van der Waals surface area contributed by atoms with Gasteiger partial charge in [-0.15, -0.1) is 0 Å². The van der Waals surface area contributed by atoms with Crippen molar-refractivity contribution >= 4 is 10.4 Å². The Balaban J connectivity index is 0. The Bertz CT molecular complexity index is 593. The maximum absolute atomic E-state index is 9.22. The lowest BCUT2D eigenvalue weighted by Crippen LogP contribution is -2.53. The molecule has 0 rings (SSSR count). The van der Waals surface area contributed by atoms with Gasteiger partial charge >= 0.3 is 0 Å². The van der Waals surface area contributed by atoms with Gasteiger partial charge in [0, 0.05) is 5.92 Å². The number of hydrogen-bond donors (Lipinski definition) is 1. The minimum absolute atomic E-state index is 0.808. The van der Waals surface area contributed by atoms with Crippen LogP contribution in [0.1, 0.15) is 232 Å². The Morgan fingerprint density at radius 3 is 0.778 bits per heavy atom. The van der Waals surface area contributed by atoms with Crippen molar-refractivity contribution < 1.29 is 22.9 Å². The Kier molecular flexibility index (Phi) is 41.7. The highest BCUT2D eigenvalue weighted by Gasteiger charge is 2.08. The van der Waals surface area contributed by atoms with Crippen LogP contribution in [0, 0.1) is 5.92 Å². The lowest BCUT2D eigenvalue weighted by atomic mass is 9.94. The van der Waals surface area contributed by atoms with Gasteiger partial charge in [0.1, 0.15) is 0 Å². The van der Waals surface area contributed by atoms with E-state index in [2.05, 4.69) is 23.8 Å². The molecule has 0 aromatic carbocycles. The van der Waals surface area contributed by atoms with Crippen molar-refractivity contribution in [1.29, 1.82) is 0 Å². The van der Waals surface area contributed by atoms with Crippen LogP contribution in [0.25, 0.3) is 0 Å². The summed E-state index contributed by atoms with van der Waals surface area (Å²) in [5.74, 6) is 0.906. The summed E-state index contributed by atoms with van der Waals surface area (Å²) in [5, 5.41) is 0. The molecular weight excluding hydrogens is 578 g/mol. The average Bonchev–Trinajstić information content (AvgIpc) is 3.03. The summed E-state index contributed by atoms with van der Waals surface area (Å²) in [6.07, 6.45) is 49.9. The normalized spacial score (nSPS) is 11.7. The molecular formula is C39H83NO4S. The van der Waals surface area contributed by atoms with Crippen molar-refractivity contribution in [2.24, 2.45) is 5.92 Å². The minimum atomic E-state index is -4.41. The molecule has 0 fully saturated rings. The first-order valence-electron chi connectivity index (χ1n) is 20.2. The molecule has 0 aromatic rings. The quantitative estimate of drug-likeness (QED) is 0.0410. The SMILES string of the molecule is CCCCCCCCCCCCCCCCCCC(C[NH3+])CCCCCCCCCCCCCCCCCC.COS(=O)(=O)[O-]. The van der Waals surface area contributed by atoms with Gasteiger partial charge in [-0.2, -0.15) is 0 Å². The molecule has 0 saturated carbocycles. The molecule has 45 heavy (non-hydrogen) atoms. The molecule has 0 aromatic heterocycles. The van der Waals surface area contributed by atoms with Crippen molar-refractivity contribution in [2.75, 3.05) is 13.7 Å². The summed E-state index contributed by atoms with van der Waals surface area (Å²) in [5.41, 5.74) is 4.27. The fourth-order valence-electron chi connectivity index (χ4n) is 6.40. The molecule has 0 aliphatic carbocycles. The van der Waals surface area contributed by atoms with Crippen LogP contribution in [-0.4, -0.2) is 26.6 Å². The van der Waals surface area contributed by atoms with Gasteiger partial charge in [-0.1, -0.05) is 219 Å². The zero-order valence-corrected chi connectivity index (χ0v) is 31.9. The van der Waals surface area contributed by atoms with Crippen LogP contribution in [0.4, 0.5) is 0 Å². The van der Waals surface area contributed by atoms with E-state index in [0.717, 1.165) is 19.6 Å². The lowest BCUT2D eigenvalue weighted by Gasteiger charge is -2.12. The largest absolute Gasteiger partial charge is 0.726 e. The van der Waals surface area contributed by atoms with Crippen molar-refractivity contribution in [3.05, 3.63) is 0 Å². The Labute approximate surface area is 284 Å². The van der Waals surface area contributed by atoms with E-state index < -0.39 is 10.4 Å². The van der Waals surface area contributed by atoms with E-state index in [4.69, 9.17) is 0 Å². The molecule has 6 heteroatoms. The Morgan fingerprint density at radius 2 is 0.622 bits per heavy atom. The second kappa shape index (κ2) is 40.0. The summed E-state index contributed by atoms with van der Waals surface area (Å²) in [6, 6.07) is 0. The summed E-state index contributed by atoms with van der Waals surface area (Å²) in [4.78, 5) is 0. The lowest BCUT2D eigenvalue weighted by molar-refractivity contribution is -0.379. The van der Waals surface area contributed by atoms with E-state index in [9.17, 15) is 13.0 Å². The van der Waals surface area contributed by atoms with Crippen LogP contribution in [0.2, 0.25) is 0 Å². The third-order valence-electron chi connectivity index (χ3n) is 9.54. The monoisotopic (exact) mass is 662 g/mol. The molecule has 0 unspecified atom stereocenters. The molecule has 0 radical (unpaired) electrons. The van der Waals surface area contributed by atoms with Gasteiger partial charge in [-0.3, -0.25) is 4.18 Å². The summed E-state index contributed by atoms with van der Waals surface area (Å²) in [6.45, 7) is 5.78. The molecule has 0 aliphatic heterocycles. The molecule has 0 atom stereocenters. The van der Waals surface area contributed by atoms with Gasteiger partial charge in [0.05, 0.1) is 13.7 Å². The maximum Gasteiger partial charge on any atom is 0.217 e. The van der Waals surface area contributed by atoms with Gasteiger partial charge < -0.3 is 10.3 Å². The van der Waals surface area contributed by atoms with E-state index >= 15 is 0 Å². The highest BCUT2D eigenvalue weighted by Crippen LogP contribution is 2.19. The molecule has 0 amide bonds. The smallest absolute Gasteiger partial charge is 0.217 e. The molecule has 5 nitrogen and oxygen atoms in total. The molecule has 0 bridgehead atoms. The van der Waals surface area contributed by atoms with Crippen molar-refractivity contribution in [3.63, 3.8) is 0 Å². The first kappa shape index (κ1) is 46.9. The topological polar surface area (TPSA) is 94.1 Å². The Hall–Kier alpha value is -0.170. The van der Waals surface area contributed by atoms with Crippen molar-refractivity contribution in [2.45, 2.75) is 232 Å². The molecule has 0 aliphatic rings. The van der Waals surface area contributed by atoms with E-state index in [1.54, 1.807) is 0 Å². The van der Waals surface area contributed by atoms with Gasteiger partial charge in [0.2, 0.25) is 10.4 Å². The van der Waals surface area contributed by atoms with E-state index in [1.165, 1.54) is 218 Å². The molecule has 0 heterocycles. The number of unbranched alkanes of at least 4 members (excludes halogenated alkanes) is 30. The summed E-state index contributed by atoms with van der Waals surface area (Å²) < 4.78 is 31.0.